The highest BCUT2D eigenvalue weighted by molar-refractivity contribution is 5.85. The number of hydrogen-bond donors (Lipinski definition) is 3. The molecule has 1 saturated heterocycles. The van der Waals surface area contributed by atoms with E-state index in [-0.39, 0.29) is 30.3 Å². The standard InChI is InChI=1S/C17H32N2O2.ClH/c1-14(15-4-9-18-10-5-15)12-16(21)19-13-17(8-11-20)6-2-3-7-17;/h14-15,18,20H,2-13H2,1H3,(H,19,21);1H. The van der Waals surface area contributed by atoms with Gasteiger partial charge in [0.25, 0.3) is 0 Å². The molecule has 1 atom stereocenters. The molecular weight excluding hydrogens is 300 g/mol. The van der Waals surface area contributed by atoms with Crippen LogP contribution in [0.2, 0.25) is 0 Å². The maximum Gasteiger partial charge on any atom is 0.220 e. The molecule has 2 fully saturated rings. The largest absolute Gasteiger partial charge is 0.396 e. The van der Waals surface area contributed by atoms with Gasteiger partial charge in [0.1, 0.15) is 0 Å². The first-order chi connectivity index (χ1) is 10.2. The number of carbonyl (C=O) groups excluding carboxylic acids is 1. The number of carbonyl (C=O) groups is 1. The molecule has 0 aromatic heterocycles. The van der Waals surface area contributed by atoms with Gasteiger partial charge in [-0.3, -0.25) is 4.79 Å². The molecule has 0 aromatic carbocycles. The highest BCUT2D eigenvalue weighted by Gasteiger charge is 2.33. The van der Waals surface area contributed by atoms with E-state index in [1.807, 2.05) is 0 Å². The van der Waals surface area contributed by atoms with Crippen LogP contribution in [0.15, 0.2) is 0 Å². The highest BCUT2D eigenvalue weighted by atomic mass is 35.5. The summed E-state index contributed by atoms with van der Waals surface area (Å²) in [5.41, 5.74) is 0.169. The molecule has 0 bridgehead atoms. The first kappa shape index (κ1) is 19.7. The summed E-state index contributed by atoms with van der Waals surface area (Å²) in [4.78, 5) is 12.2. The van der Waals surface area contributed by atoms with Gasteiger partial charge in [-0.05, 0) is 62.4 Å². The highest BCUT2D eigenvalue weighted by Crippen LogP contribution is 2.40. The van der Waals surface area contributed by atoms with Crippen molar-refractivity contribution in [2.45, 2.75) is 58.3 Å². The molecule has 2 aliphatic rings. The maximum atomic E-state index is 12.2. The van der Waals surface area contributed by atoms with Crippen molar-refractivity contribution in [1.82, 2.24) is 10.6 Å². The van der Waals surface area contributed by atoms with Crippen LogP contribution in [-0.4, -0.2) is 37.3 Å². The minimum Gasteiger partial charge on any atom is -0.396 e. The Labute approximate surface area is 141 Å². The Kier molecular flexibility index (Phi) is 8.73. The fraction of sp³-hybridized carbons (Fsp3) is 0.941. The third-order valence-corrected chi connectivity index (χ3v) is 5.66. The summed E-state index contributed by atoms with van der Waals surface area (Å²) in [6.07, 6.45) is 8.65. The lowest BCUT2D eigenvalue weighted by atomic mass is 9.82. The second-order valence-electron chi connectivity index (χ2n) is 7.23. The molecule has 0 radical (unpaired) electrons. The summed E-state index contributed by atoms with van der Waals surface area (Å²) in [5.74, 6) is 1.37. The van der Waals surface area contributed by atoms with Crippen molar-refractivity contribution in [3.05, 3.63) is 0 Å². The van der Waals surface area contributed by atoms with Crippen LogP contribution in [0.25, 0.3) is 0 Å². The molecule has 0 spiro atoms. The molecule has 22 heavy (non-hydrogen) atoms. The van der Waals surface area contributed by atoms with E-state index in [9.17, 15) is 9.90 Å². The van der Waals surface area contributed by atoms with Crippen LogP contribution < -0.4 is 10.6 Å². The lowest BCUT2D eigenvalue weighted by molar-refractivity contribution is -0.123. The molecule has 1 aliphatic heterocycles. The number of aliphatic hydroxyl groups excluding tert-OH is 1. The van der Waals surface area contributed by atoms with Gasteiger partial charge in [-0.2, -0.15) is 0 Å². The summed E-state index contributed by atoms with van der Waals surface area (Å²) < 4.78 is 0. The normalized spacial score (nSPS) is 22.8. The van der Waals surface area contributed by atoms with Crippen LogP contribution >= 0.6 is 12.4 Å². The number of nitrogens with one attached hydrogen (secondary N) is 2. The van der Waals surface area contributed by atoms with Crippen LogP contribution in [0.3, 0.4) is 0 Å². The van der Waals surface area contributed by atoms with Crippen LogP contribution in [-0.2, 0) is 4.79 Å². The van der Waals surface area contributed by atoms with E-state index >= 15 is 0 Å². The molecule has 130 valence electrons. The van der Waals surface area contributed by atoms with Crippen molar-refractivity contribution in [3.8, 4) is 0 Å². The second kappa shape index (κ2) is 9.74. The second-order valence-corrected chi connectivity index (χ2v) is 7.23. The average molecular weight is 333 g/mol. The average Bonchev–Trinajstić information content (AvgIpc) is 2.95. The number of halogens is 1. The van der Waals surface area contributed by atoms with E-state index in [1.165, 1.54) is 25.7 Å². The third kappa shape index (κ3) is 5.71. The van der Waals surface area contributed by atoms with Gasteiger partial charge in [0.05, 0.1) is 0 Å². The van der Waals surface area contributed by atoms with Gasteiger partial charge in [-0.15, -0.1) is 12.4 Å². The van der Waals surface area contributed by atoms with Crippen molar-refractivity contribution >= 4 is 18.3 Å². The fourth-order valence-corrected chi connectivity index (χ4v) is 4.11. The molecule has 1 saturated carbocycles. The minimum absolute atomic E-state index is 0. The number of aliphatic hydroxyl groups is 1. The first-order valence-corrected chi connectivity index (χ1v) is 8.73. The molecule has 5 heteroatoms. The van der Waals surface area contributed by atoms with E-state index in [4.69, 9.17) is 0 Å². The van der Waals surface area contributed by atoms with Crippen molar-refractivity contribution in [2.75, 3.05) is 26.2 Å². The Morgan fingerprint density at radius 1 is 1.32 bits per heavy atom. The monoisotopic (exact) mass is 332 g/mol. The van der Waals surface area contributed by atoms with Crippen LogP contribution in [0, 0.1) is 17.3 Å². The zero-order valence-electron chi connectivity index (χ0n) is 13.9. The van der Waals surface area contributed by atoms with Gasteiger partial charge < -0.3 is 15.7 Å². The maximum absolute atomic E-state index is 12.2. The van der Waals surface area contributed by atoms with E-state index in [0.29, 0.717) is 18.3 Å². The predicted octanol–water partition coefficient (Wildman–Crippen LogP) is 2.49. The van der Waals surface area contributed by atoms with E-state index < -0.39 is 0 Å². The number of hydrogen-bond acceptors (Lipinski definition) is 3. The van der Waals surface area contributed by atoms with Crippen LogP contribution in [0.1, 0.15) is 58.3 Å². The SMILES string of the molecule is CC(CC(=O)NCC1(CCO)CCCC1)C1CCNCC1.Cl. The summed E-state index contributed by atoms with van der Waals surface area (Å²) >= 11 is 0. The van der Waals surface area contributed by atoms with Crippen molar-refractivity contribution in [1.29, 1.82) is 0 Å². The van der Waals surface area contributed by atoms with E-state index in [0.717, 1.165) is 38.9 Å². The Hall–Kier alpha value is -0.320. The van der Waals surface area contributed by atoms with E-state index in [2.05, 4.69) is 17.6 Å². The zero-order valence-corrected chi connectivity index (χ0v) is 14.7. The lowest BCUT2D eigenvalue weighted by Crippen LogP contribution is -2.38. The molecule has 3 N–H and O–H groups in total. The summed E-state index contributed by atoms with van der Waals surface area (Å²) in [6.45, 7) is 5.40. The first-order valence-electron chi connectivity index (χ1n) is 8.73. The summed E-state index contributed by atoms with van der Waals surface area (Å²) in [7, 11) is 0. The summed E-state index contributed by atoms with van der Waals surface area (Å²) in [6, 6.07) is 0. The Bertz CT molecular complexity index is 327. The molecule has 4 nitrogen and oxygen atoms in total. The third-order valence-electron chi connectivity index (χ3n) is 5.66. The van der Waals surface area contributed by atoms with Gasteiger partial charge in [0.15, 0.2) is 0 Å². The number of rotatable bonds is 7. The Morgan fingerprint density at radius 3 is 2.55 bits per heavy atom. The molecule has 0 aromatic rings. The topological polar surface area (TPSA) is 61.4 Å². The van der Waals surface area contributed by atoms with Gasteiger partial charge in [-0.25, -0.2) is 0 Å². The van der Waals surface area contributed by atoms with Gasteiger partial charge in [0.2, 0.25) is 5.91 Å². The van der Waals surface area contributed by atoms with Crippen molar-refractivity contribution in [3.63, 3.8) is 0 Å². The lowest BCUT2D eigenvalue weighted by Gasteiger charge is -2.30. The smallest absolute Gasteiger partial charge is 0.220 e. The van der Waals surface area contributed by atoms with Crippen LogP contribution in [0.4, 0.5) is 0 Å². The Balaban J connectivity index is 0.00000242. The zero-order chi connectivity index (χ0) is 15.1. The van der Waals surface area contributed by atoms with E-state index in [1.54, 1.807) is 0 Å². The quantitative estimate of drug-likeness (QED) is 0.671. The summed E-state index contributed by atoms with van der Waals surface area (Å²) in [5, 5.41) is 15.8. The van der Waals surface area contributed by atoms with Gasteiger partial charge >= 0.3 is 0 Å². The molecule has 1 aliphatic carbocycles. The van der Waals surface area contributed by atoms with Crippen molar-refractivity contribution in [2.24, 2.45) is 17.3 Å². The van der Waals surface area contributed by atoms with Gasteiger partial charge in [0, 0.05) is 19.6 Å². The Morgan fingerprint density at radius 2 is 1.95 bits per heavy atom. The predicted molar refractivity (Wildman–Crippen MR) is 92.2 cm³/mol. The fourth-order valence-electron chi connectivity index (χ4n) is 4.11. The number of piperidine rings is 1. The minimum atomic E-state index is 0. The molecular formula is C17H33ClN2O2. The van der Waals surface area contributed by atoms with Gasteiger partial charge in [-0.1, -0.05) is 19.8 Å². The molecule has 1 amide bonds. The van der Waals surface area contributed by atoms with Crippen LogP contribution in [0.5, 0.6) is 0 Å². The molecule has 1 heterocycles. The van der Waals surface area contributed by atoms with Crippen molar-refractivity contribution < 1.29 is 9.90 Å². The number of amides is 1. The molecule has 1 unspecified atom stereocenters. The molecule has 2 rings (SSSR count).